The molecule has 0 aliphatic carbocycles. The van der Waals surface area contributed by atoms with Crippen LogP contribution in [-0.2, 0) is 11.2 Å². The number of para-hydroxylation sites is 2. The second kappa shape index (κ2) is 7.63. The van der Waals surface area contributed by atoms with Crippen LogP contribution in [0.5, 0.6) is 11.5 Å². The van der Waals surface area contributed by atoms with Gasteiger partial charge in [-0.05, 0) is 64.6 Å². The van der Waals surface area contributed by atoms with Crippen molar-refractivity contribution in [2.24, 2.45) is 0 Å². The number of aromatic nitrogens is 1. The molecule has 6 heteroatoms. The minimum Gasteiger partial charge on any atom is -0.507 e. The van der Waals surface area contributed by atoms with Crippen molar-refractivity contribution in [2.75, 3.05) is 0 Å². The van der Waals surface area contributed by atoms with Crippen molar-refractivity contribution < 1.29 is 19.7 Å². The SMILES string of the molecule is O=C(O)[C@H](Cc1ccc(O)c([125I])c1)Oc1c2ccccc2nc2ccccc12. The molecular weight excluding hydrogens is 467 g/mol. The molecule has 0 aliphatic rings. The molecule has 4 rings (SSSR count). The molecule has 4 aromatic rings. The van der Waals surface area contributed by atoms with Gasteiger partial charge in [0.25, 0.3) is 0 Å². The molecule has 1 heterocycles. The van der Waals surface area contributed by atoms with Crippen molar-refractivity contribution in [3.05, 3.63) is 75.9 Å². The smallest absolute Gasteiger partial charge is 0.345 e. The van der Waals surface area contributed by atoms with Crippen LogP contribution in [0.15, 0.2) is 66.7 Å². The van der Waals surface area contributed by atoms with Crippen LogP contribution in [-0.4, -0.2) is 27.3 Å². The number of hydrogen-bond acceptors (Lipinski definition) is 4. The summed E-state index contributed by atoms with van der Waals surface area (Å²) in [6.07, 6.45) is -0.897. The third-order valence-corrected chi connectivity index (χ3v) is 5.37. The molecule has 0 spiro atoms. The van der Waals surface area contributed by atoms with E-state index in [2.05, 4.69) is 4.98 Å². The Kier molecular flexibility index (Phi) is 5.04. The number of pyridine rings is 1. The number of fused-ring (bicyclic) bond motifs is 2. The molecule has 2 N–H and O–H groups in total. The molecule has 0 fully saturated rings. The van der Waals surface area contributed by atoms with Gasteiger partial charge in [0.05, 0.1) is 14.6 Å². The van der Waals surface area contributed by atoms with Crippen LogP contribution in [0.3, 0.4) is 0 Å². The number of carboxylic acids is 1. The van der Waals surface area contributed by atoms with Crippen LogP contribution in [0.1, 0.15) is 5.56 Å². The van der Waals surface area contributed by atoms with Gasteiger partial charge in [0.1, 0.15) is 11.5 Å². The third-order valence-electron chi connectivity index (χ3n) is 4.51. The van der Waals surface area contributed by atoms with Crippen LogP contribution in [0.4, 0.5) is 0 Å². The van der Waals surface area contributed by atoms with Gasteiger partial charge in [-0.3, -0.25) is 0 Å². The number of phenols is 1. The number of nitrogens with zero attached hydrogens (tertiary/aromatic N) is 1. The Balaban J connectivity index is 1.78. The summed E-state index contributed by atoms with van der Waals surface area (Å²) in [6.45, 7) is 0. The molecule has 1 atom stereocenters. The molecule has 0 amide bonds. The number of carboxylic acid groups (broad SMARTS) is 1. The van der Waals surface area contributed by atoms with E-state index in [1.165, 1.54) is 0 Å². The maximum Gasteiger partial charge on any atom is 0.345 e. The van der Waals surface area contributed by atoms with E-state index in [1.807, 2.05) is 71.1 Å². The van der Waals surface area contributed by atoms with Gasteiger partial charge in [0.2, 0.25) is 0 Å². The Hall–Kier alpha value is -2.87. The molecule has 140 valence electrons. The number of carbonyl (C=O) groups is 1. The fraction of sp³-hybridized carbons (Fsp3) is 0.0909. The number of benzene rings is 3. The lowest BCUT2D eigenvalue weighted by Crippen LogP contribution is -2.29. The number of aliphatic carboxylic acids is 1. The Morgan fingerprint density at radius 3 is 2.18 bits per heavy atom. The average Bonchev–Trinajstić information content (AvgIpc) is 2.69. The second-order valence-electron chi connectivity index (χ2n) is 6.41. The van der Waals surface area contributed by atoms with Gasteiger partial charge in [-0.15, -0.1) is 0 Å². The predicted octanol–water partition coefficient (Wildman–Crippen LogP) is 4.77. The molecule has 0 saturated heterocycles. The lowest BCUT2D eigenvalue weighted by atomic mass is 10.1. The van der Waals surface area contributed by atoms with Crippen molar-refractivity contribution in [1.29, 1.82) is 0 Å². The number of halogens is 1. The van der Waals surface area contributed by atoms with E-state index in [0.29, 0.717) is 9.32 Å². The highest BCUT2D eigenvalue weighted by molar-refractivity contribution is 14.1. The minimum absolute atomic E-state index is 0.170. The number of phenolic OH excluding ortho intramolecular Hbond substituents is 1. The van der Waals surface area contributed by atoms with Crippen molar-refractivity contribution in [2.45, 2.75) is 12.5 Å². The fourth-order valence-corrected chi connectivity index (χ4v) is 3.72. The first-order chi connectivity index (χ1) is 13.5. The molecule has 28 heavy (non-hydrogen) atoms. The first-order valence-electron chi connectivity index (χ1n) is 8.67. The Morgan fingerprint density at radius 2 is 1.61 bits per heavy atom. The number of ether oxygens (including phenoxy) is 1. The molecular formula is C22H16INO4. The van der Waals surface area contributed by atoms with Crippen molar-refractivity contribution in [3.63, 3.8) is 0 Å². The molecule has 0 saturated carbocycles. The highest BCUT2D eigenvalue weighted by Crippen LogP contribution is 2.34. The largest absolute Gasteiger partial charge is 0.507 e. The molecule has 0 radical (unpaired) electrons. The molecule has 1 aromatic heterocycles. The van der Waals surface area contributed by atoms with E-state index in [-0.39, 0.29) is 12.2 Å². The van der Waals surface area contributed by atoms with Gasteiger partial charge in [-0.25, -0.2) is 9.78 Å². The van der Waals surface area contributed by atoms with E-state index >= 15 is 0 Å². The monoisotopic (exact) mass is 483 g/mol. The van der Waals surface area contributed by atoms with E-state index in [1.54, 1.807) is 18.2 Å². The van der Waals surface area contributed by atoms with Crippen molar-refractivity contribution >= 4 is 50.4 Å². The molecule has 0 aliphatic heterocycles. The fourth-order valence-electron chi connectivity index (χ4n) is 3.14. The predicted molar refractivity (Wildman–Crippen MR) is 116 cm³/mol. The average molecular weight is 483 g/mol. The summed E-state index contributed by atoms with van der Waals surface area (Å²) in [6, 6.07) is 20.1. The second-order valence-corrected chi connectivity index (χ2v) is 7.57. The van der Waals surface area contributed by atoms with Crippen LogP contribution >= 0.6 is 22.6 Å². The first kappa shape index (κ1) is 18.5. The lowest BCUT2D eigenvalue weighted by Gasteiger charge is -2.18. The standard InChI is InChI=1S/C22H16INO4/c23-16-11-13(9-10-19(16)25)12-20(22(26)27)28-21-14-5-1-3-7-17(14)24-18-8-4-2-6-15(18)21/h1-11,20,25H,12H2,(H,26,27)/t20-/m0/s1/i23-2. The lowest BCUT2D eigenvalue weighted by molar-refractivity contribution is -0.144. The zero-order valence-electron chi connectivity index (χ0n) is 14.7. The summed E-state index contributed by atoms with van der Waals surface area (Å²) in [5.74, 6) is -0.363. The summed E-state index contributed by atoms with van der Waals surface area (Å²) >= 11 is 2.01. The van der Waals surface area contributed by atoms with Crippen LogP contribution in [0, 0.1) is 3.57 Å². The number of hydrogen-bond donors (Lipinski definition) is 2. The highest BCUT2D eigenvalue weighted by Gasteiger charge is 2.23. The van der Waals surface area contributed by atoms with Crippen LogP contribution in [0.25, 0.3) is 21.8 Å². The van der Waals surface area contributed by atoms with E-state index in [0.717, 1.165) is 27.4 Å². The Bertz CT molecular complexity index is 1140. The van der Waals surface area contributed by atoms with Crippen LogP contribution < -0.4 is 4.74 Å². The summed E-state index contributed by atoms with van der Waals surface area (Å²) in [5, 5.41) is 21.0. The maximum atomic E-state index is 11.9. The quantitative estimate of drug-likeness (QED) is 0.316. The van der Waals surface area contributed by atoms with Gasteiger partial charge in [-0.1, -0.05) is 30.3 Å². The molecule has 3 aromatic carbocycles. The first-order valence-corrected chi connectivity index (χ1v) is 9.75. The Labute approximate surface area is 174 Å². The topological polar surface area (TPSA) is 79.7 Å². The number of aromatic hydroxyl groups is 1. The third kappa shape index (κ3) is 3.60. The van der Waals surface area contributed by atoms with Gasteiger partial charge in [0.15, 0.2) is 6.10 Å². The van der Waals surface area contributed by atoms with Gasteiger partial charge < -0.3 is 14.9 Å². The number of rotatable bonds is 5. The summed E-state index contributed by atoms with van der Waals surface area (Å²) in [5.41, 5.74) is 2.27. The van der Waals surface area contributed by atoms with Crippen molar-refractivity contribution in [3.8, 4) is 11.5 Å². The minimum atomic E-state index is -1.07. The molecule has 5 nitrogen and oxygen atoms in total. The zero-order chi connectivity index (χ0) is 19.7. The summed E-state index contributed by atoms with van der Waals surface area (Å²) in [4.78, 5) is 16.6. The van der Waals surface area contributed by atoms with Gasteiger partial charge >= 0.3 is 5.97 Å². The highest BCUT2D eigenvalue weighted by atomic mass is 125. The maximum absolute atomic E-state index is 11.9. The zero-order valence-corrected chi connectivity index (χ0v) is 16.8. The van der Waals surface area contributed by atoms with E-state index in [4.69, 9.17) is 4.74 Å². The Morgan fingerprint density at radius 1 is 1.00 bits per heavy atom. The molecule has 0 unspecified atom stereocenters. The summed E-state index contributed by atoms with van der Waals surface area (Å²) < 4.78 is 6.74. The van der Waals surface area contributed by atoms with Gasteiger partial charge in [-0.2, -0.15) is 0 Å². The van der Waals surface area contributed by atoms with Crippen LogP contribution in [0.2, 0.25) is 0 Å². The normalized spacial score (nSPS) is 12.2. The van der Waals surface area contributed by atoms with E-state index in [9.17, 15) is 15.0 Å². The molecule has 0 bridgehead atoms. The van der Waals surface area contributed by atoms with E-state index < -0.39 is 12.1 Å². The van der Waals surface area contributed by atoms with Gasteiger partial charge in [0, 0.05) is 17.2 Å². The summed E-state index contributed by atoms with van der Waals surface area (Å²) in [7, 11) is 0. The van der Waals surface area contributed by atoms with Crippen molar-refractivity contribution in [1.82, 2.24) is 4.98 Å².